The summed E-state index contributed by atoms with van der Waals surface area (Å²) in [7, 11) is 0. The summed E-state index contributed by atoms with van der Waals surface area (Å²) in [5.41, 5.74) is 7.27. The standard InChI is InChI=1S/C13H13ClN2OS2/c1-7-8(2)19-11(16-7)6-17-10-5-3-4-9(14)12(10)13(15)18/h3-5H,6H2,1-2H3,(H2,15,18). The third-order valence-corrected chi connectivity index (χ3v) is 4.21. The third kappa shape index (κ3) is 3.23. The van der Waals surface area contributed by atoms with E-state index >= 15 is 0 Å². The smallest absolute Gasteiger partial charge is 0.140 e. The van der Waals surface area contributed by atoms with Crippen LogP contribution in [-0.2, 0) is 6.61 Å². The molecular formula is C13H13ClN2OS2. The van der Waals surface area contributed by atoms with Crippen molar-refractivity contribution in [1.29, 1.82) is 0 Å². The highest BCUT2D eigenvalue weighted by molar-refractivity contribution is 7.80. The number of halogens is 1. The predicted octanol–water partition coefficient (Wildman–Crippen LogP) is 3.63. The lowest BCUT2D eigenvalue weighted by atomic mass is 10.2. The molecule has 0 aliphatic heterocycles. The molecule has 0 spiro atoms. The van der Waals surface area contributed by atoms with Crippen LogP contribution in [-0.4, -0.2) is 9.97 Å². The van der Waals surface area contributed by atoms with Crippen molar-refractivity contribution in [3.05, 3.63) is 44.4 Å². The highest BCUT2D eigenvalue weighted by Gasteiger charge is 2.12. The molecule has 0 atom stereocenters. The molecule has 0 amide bonds. The molecule has 0 unspecified atom stereocenters. The monoisotopic (exact) mass is 312 g/mol. The first-order valence-electron chi connectivity index (χ1n) is 5.63. The molecule has 100 valence electrons. The van der Waals surface area contributed by atoms with Crippen LogP contribution in [0.25, 0.3) is 0 Å². The molecule has 1 aromatic heterocycles. The molecule has 2 aromatic rings. The van der Waals surface area contributed by atoms with Gasteiger partial charge < -0.3 is 10.5 Å². The van der Waals surface area contributed by atoms with Crippen LogP contribution in [0, 0.1) is 13.8 Å². The highest BCUT2D eigenvalue weighted by Crippen LogP contribution is 2.27. The van der Waals surface area contributed by atoms with Crippen LogP contribution >= 0.6 is 35.2 Å². The van der Waals surface area contributed by atoms with Gasteiger partial charge in [-0.25, -0.2) is 4.98 Å². The second-order valence-electron chi connectivity index (χ2n) is 4.02. The average Bonchev–Trinajstić information content (AvgIpc) is 2.65. The number of hydrogen-bond acceptors (Lipinski definition) is 4. The Bertz CT molecular complexity index is 606. The normalized spacial score (nSPS) is 10.5. The molecule has 2 N–H and O–H groups in total. The van der Waals surface area contributed by atoms with Crippen molar-refractivity contribution in [2.45, 2.75) is 20.5 Å². The van der Waals surface area contributed by atoms with Crippen LogP contribution in [0.15, 0.2) is 18.2 Å². The lowest BCUT2D eigenvalue weighted by Crippen LogP contribution is -2.12. The minimum absolute atomic E-state index is 0.229. The zero-order chi connectivity index (χ0) is 14.0. The summed E-state index contributed by atoms with van der Waals surface area (Å²) in [6, 6.07) is 5.34. The summed E-state index contributed by atoms with van der Waals surface area (Å²) >= 11 is 12.7. The summed E-state index contributed by atoms with van der Waals surface area (Å²) in [4.78, 5) is 5.84. The van der Waals surface area contributed by atoms with E-state index in [0.29, 0.717) is 22.9 Å². The predicted molar refractivity (Wildman–Crippen MR) is 83.3 cm³/mol. The lowest BCUT2D eigenvalue weighted by molar-refractivity contribution is 0.305. The van der Waals surface area contributed by atoms with Gasteiger partial charge in [-0.05, 0) is 26.0 Å². The maximum Gasteiger partial charge on any atom is 0.140 e. The lowest BCUT2D eigenvalue weighted by Gasteiger charge is -2.10. The number of rotatable bonds is 4. The molecule has 2 rings (SSSR count). The van der Waals surface area contributed by atoms with E-state index in [9.17, 15) is 0 Å². The van der Waals surface area contributed by atoms with Gasteiger partial charge in [-0.15, -0.1) is 11.3 Å². The fourth-order valence-corrected chi connectivity index (χ4v) is 2.99. The third-order valence-electron chi connectivity index (χ3n) is 2.65. The van der Waals surface area contributed by atoms with E-state index in [2.05, 4.69) is 4.98 Å². The first-order valence-corrected chi connectivity index (χ1v) is 7.23. The van der Waals surface area contributed by atoms with Crippen LogP contribution in [0.5, 0.6) is 5.75 Å². The maximum absolute atomic E-state index is 6.07. The van der Waals surface area contributed by atoms with E-state index in [1.165, 1.54) is 4.88 Å². The number of nitrogens with two attached hydrogens (primary N) is 1. The van der Waals surface area contributed by atoms with Crippen molar-refractivity contribution < 1.29 is 4.74 Å². The molecule has 1 aromatic carbocycles. The molecule has 0 saturated heterocycles. The first-order chi connectivity index (χ1) is 8.99. The molecular weight excluding hydrogens is 300 g/mol. The Balaban J connectivity index is 2.20. The second-order valence-corrected chi connectivity index (χ2v) is 6.15. The summed E-state index contributed by atoms with van der Waals surface area (Å²) in [5.74, 6) is 0.588. The van der Waals surface area contributed by atoms with Gasteiger partial charge in [0.2, 0.25) is 0 Å². The Morgan fingerprint density at radius 1 is 1.47 bits per heavy atom. The number of thiocarbonyl (C=S) groups is 1. The van der Waals surface area contributed by atoms with E-state index in [-0.39, 0.29) is 4.99 Å². The molecule has 0 bridgehead atoms. The first kappa shape index (κ1) is 14.2. The minimum atomic E-state index is 0.229. The molecule has 1 heterocycles. The molecule has 0 saturated carbocycles. The summed E-state index contributed by atoms with van der Waals surface area (Å²) in [6.45, 7) is 4.40. The number of hydrogen-bond donors (Lipinski definition) is 1. The van der Waals surface area contributed by atoms with Crippen LogP contribution in [0.4, 0.5) is 0 Å². The quantitative estimate of drug-likeness (QED) is 0.876. The van der Waals surface area contributed by atoms with Crippen molar-refractivity contribution >= 4 is 40.1 Å². The van der Waals surface area contributed by atoms with Crippen molar-refractivity contribution in [3.8, 4) is 5.75 Å². The fourth-order valence-electron chi connectivity index (χ4n) is 1.60. The summed E-state index contributed by atoms with van der Waals surface area (Å²) in [5, 5.41) is 1.42. The van der Waals surface area contributed by atoms with Crippen molar-refractivity contribution in [2.75, 3.05) is 0 Å². The van der Waals surface area contributed by atoms with Crippen LogP contribution in [0.1, 0.15) is 21.1 Å². The summed E-state index contributed by atoms with van der Waals surface area (Å²) < 4.78 is 5.73. The maximum atomic E-state index is 6.07. The van der Waals surface area contributed by atoms with Crippen molar-refractivity contribution in [2.24, 2.45) is 5.73 Å². The zero-order valence-electron chi connectivity index (χ0n) is 10.6. The van der Waals surface area contributed by atoms with Gasteiger partial charge >= 0.3 is 0 Å². The van der Waals surface area contributed by atoms with E-state index in [0.717, 1.165) is 10.7 Å². The number of thiazole rings is 1. The van der Waals surface area contributed by atoms with Gasteiger partial charge in [0.05, 0.1) is 16.3 Å². The van der Waals surface area contributed by atoms with E-state index < -0.39 is 0 Å². The number of aromatic nitrogens is 1. The van der Waals surface area contributed by atoms with Crippen LogP contribution < -0.4 is 10.5 Å². The zero-order valence-corrected chi connectivity index (χ0v) is 13.0. The van der Waals surface area contributed by atoms with Gasteiger partial charge in [0.25, 0.3) is 0 Å². The van der Waals surface area contributed by atoms with Gasteiger partial charge in [0, 0.05) is 4.88 Å². The van der Waals surface area contributed by atoms with Crippen LogP contribution in [0.2, 0.25) is 5.02 Å². The van der Waals surface area contributed by atoms with E-state index in [1.807, 2.05) is 13.8 Å². The fraction of sp³-hybridized carbons (Fsp3) is 0.231. The molecule has 3 nitrogen and oxygen atoms in total. The Hall–Kier alpha value is -1.17. The average molecular weight is 313 g/mol. The molecule has 0 aliphatic carbocycles. The van der Waals surface area contributed by atoms with Gasteiger partial charge in [0.1, 0.15) is 22.4 Å². The number of benzene rings is 1. The van der Waals surface area contributed by atoms with Gasteiger partial charge in [-0.2, -0.15) is 0 Å². The number of aryl methyl sites for hydroxylation is 2. The Morgan fingerprint density at radius 2 is 2.21 bits per heavy atom. The Kier molecular flexibility index (Phi) is 4.39. The van der Waals surface area contributed by atoms with Crippen molar-refractivity contribution in [1.82, 2.24) is 4.98 Å². The molecule has 6 heteroatoms. The second kappa shape index (κ2) is 5.86. The number of ether oxygens (including phenoxy) is 1. The Morgan fingerprint density at radius 3 is 2.79 bits per heavy atom. The Labute approximate surface area is 126 Å². The van der Waals surface area contributed by atoms with Crippen LogP contribution in [0.3, 0.4) is 0 Å². The van der Waals surface area contributed by atoms with Gasteiger partial charge in [0.15, 0.2) is 0 Å². The van der Waals surface area contributed by atoms with Gasteiger partial charge in [-0.1, -0.05) is 29.9 Å². The molecule has 19 heavy (non-hydrogen) atoms. The molecule has 0 fully saturated rings. The topological polar surface area (TPSA) is 48.1 Å². The minimum Gasteiger partial charge on any atom is -0.486 e. The molecule has 0 aliphatic rings. The van der Waals surface area contributed by atoms with Gasteiger partial charge in [-0.3, -0.25) is 0 Å². The van der Waals surface area contributed by atoms with E-state index in [1.54, 1.807) is 29.5 Å². The van der Waals surface area contributed by atoms with Crippen molar-refractivity contribution in [3.63, 3.8) is 0 Å². The highest BCUT2D eigenvalue weighted by atomic mass is 35.5. The van der Waals surface area contributed by atoms with E-state index in [4.69, 9.17) is 34.3 Å². The molecule has 0 radical (unpaired) electrons. The number of nitrogens with zero attached hydrogens (tertiary/aromatic N) is 1. The largest absolute Gasteiger partial charge is 0.486 e. The summed E-state index contributed by atoms with van der Waals surface area (Å²) in [6.07, 6.45) is 0. The SMILES string of the molecule is Cc1nc(COc2cccc(Cl)c2C(N)=S)sc1C.